The van der Waals surface area contributed by atoms with Crippen molar-refractivity contribution >= 4 is 0 Å². The third-order valence-electron chi connectivity index (χ3n) is 2.66. The first-order valence-electron chi connectivity index (χ1n) is 5.04. The normalized spacial score (nSPS) is 16.0. The predicted molar refractivity (Wildman–Crippen MR) is 55.2 cm³/mol. The number of nitrogens with one attached hydrogen (secondary N) is 1. The molecule has 0 atom stereocenters. The van der Waals surface area contributed by atoms with Crippen LogP contribution in [0.25, 0.3) is 0 Å². The summed E-state index contributed by atoms with van der Waals surface area (Å²) in [5, 5.41) is 3.09. The molecule has 1 aliphatic rings. The first-order chi connectivity index (χ1) is 7.72. The molecule has 0 saturated carbocycles. The van der Waals surface area contributed by atoms with Crippen LogP contribution in [-0.2, 0) is 0 Å². The Morgan fingerprint density at radius 1 is 1.38 bits per heavy atom. The van der Waals surface area contributed by atoms with E-state index in [1.807, 2.05) is 0 Å². The maximum atomic E-state index is 12.3. The summed E-state index contributed by atoms with van der Waals surface area (Å²) >= 11 is 0. The number of ether oxygens (including phenoxy) is 2. The van der Waals surface area contributed by atoms with E-state index in [1.54, 1.807) is 18.2 Å². The van der Waals surface area contributed by atoms with Gasteiger partial charge in [-0.25, -0.2) is 0 Å². The van der Waals surface area contributed by atoms with Gasteiger partial charge in [0, 0.05) is 24.6 Å². The molecule has 1 heterocycles. The third kappa shape index (κ3) is 2.09. The van der Waals surface area contributed by atoms with Crippen LogP contribution < -0.4 is 14.8 Å². The fraction of sp³-hybridized carbons (Fsp3) is 0.455. The van der Waals surface area contributed by atoms with E-state index < -0.39 is 6.61 Å². The van der Waals surface area contributed by atoms with E-state index in [4.69, 9.17) is 4.74 Å². The summed E-state index contributed by atoms with van der Waals surface area (Å²) < 4.78 is 34.2. The highest BCUT2D eigenvalue weighted by atomic mass is 19.3. The molecule has 0 aliphatic carbocycles. The van der Waals surface area contributed by atoms with Gasteiger partial charge in [0.1, 0.15) is 0 Å². The molecule has 0 unspecified atom stereocenters. The minimum atomic E-state index is -2.83. The Bertz CT molecular complexity index is 367. The molecule has 0 amide bonds. The van der Waals surface area contributed by atoms with E-state index in [0.717, 1.165) is 18.7 Å². The lowest BCUT2D eigenvalue weighted by atomic mass is 9.92. The van der Waals surface area contributed by atoms with Gasteiger partial charge in [0.05, 0.1) is 7.11 Å². The van der Waals surface area contributed by atoms with Gasteiger partial charge in [0.2, 0.25) is 0 Å². The quantitative estimate of drug-likeness (QED) is 0.856. The van der Waals surface area contributed by atoms with E-state index >= 15 is 0 Å². The molecule has 2 rings (SSSR count). The summed E-state index contributed by atoms with van der Waals surface area (Å²) in [7, 11) is 1.44. The van der Waals surface area contributed by atoms with Crippen LogP contribution in [0.5, 0.6) is 11.5 Å². The molecule has 0 radical (unpaired) electrons. The number of para-hydroxylation sites is 1. The summed E-state index contributed by atoms with van der Waals surface area (Å²) in [4.78, 5) is 0. The van der Waals surface area contributed by atoms with Crippen molar-refractivity contribution in [1.82, 2.24) is 5.32 Å². The first kappa shape index (κ1) is 11.1. The average Bonchev–Trinajstić information content (AvgIpc) is 2.17. The molecule has 5 heteroatoms. The van der Waals surface area contributed by atoms with Gasteiger partial charge < -0.3 is 14.8 Å². The Labute approximate surface area is 92.4 Å². The summed E-state index contributed by atoms with van der Waals surface area (Å²) in [5.41, 5.74) is 0.776. The van der Waals surface area contributed by atoms with Crippen molar-refractivity contribution in [1.29, 1.82) is 0 Å². The summed E-state index contributed by atoms with van der Waals surface area (Å²) in [6.07, 6.45) is 0. The molecule has 0 bridgehead atoms. The Morgan fingerprint density at radius 3 is 2.62 bits per heavy atom. The van der Waals surface area contributed by atoms with Crippen LogP contribution in [0.2, 0.25) is 0 Å². The molecule has 1 N–H and O–H groups in total. The number of hydrogen-bond acceptors (Lipinski definition) is 3. The Balaban J connectivity index is 2.33. The van der Waals surface area contributed by atoms with Crippen LogP contribution >= 0.6 is 0 Å². The number of halogens is 2. The van der Waals surface area contributed by atoms with Gasteiger partial charge in [-0.15, -0.1) is 0 Å². The summed E-state index contributed by atoms with van der Waals surface area (Å²) in [6, 6.07) is 5.20. The zero-order valence-corrected chi connectivity index (χ0v) is 8.87. The lowest BCUT2D eigenvalue weighted by Crippen LogP contribution is -2.40. The number of rotatable bonds is 4. The molecule has 0 spiro atoms. The van der Waals surface area contributed by atoms with E-state index in [2.05, 4.69) is 10.1 Å². The van der Waals surface area contributed by atoms with Gasteiger partial charge in [-0.1, -0.05) is 12.1 Å². The maximum Gasteiger partial charge on any atom is 0.387 e. The Hall–Kier alpha value is -1.36. The van der Waals surface area contributed by atoms with Crippen molar-refractivity contribution in [3.8, 4) is 11.5 Å². The Kier molecular flexibility index (Phi) is 3.24. The van der Waals surface area contributed by atoms with Crippen molar-refractivity contribution in [2.45, 2.75) is 12.5 Å². The molecule has 1 aromatic carbocycles. The fourth-order valence-corrected chi connectivity index (χ4v) is 1.74. The van der Waals surface area contributed by atoms with Crippen molar-refractivity contribution in [2.24, 2.45) is 0 Å². The van der Waals surface area contributed by atoms with Crippen LogP contribution in [0.1, 0.15) is 11.5 Å². The zero-order chi connectivity index (χ0) is 11.5. The van der Waals surface area contributed by atoms with Crippen molar-refractivity contribution < 1.29 is 18.3 Å². The van der Waals surface area contributed by atoms with Crippen LogP contribution in [0, 0.1) is 0 Å². The second-order valence-electron chi connectivity index (χ2n) is 3.61. The topological polar surface area (TPSA) is 30.5 Å². The van der Waals surface area contributed by atoms with Crippen LogP contribution in [-0.4, -0.2) is 26.8 Å². The summed E-state index contributed by atoms with van der Waals surface area (Å²) in [6.45, 7) is -1.26. The van der Waals surface area contributed by atoms with Gasteiger partial charge in [0.25, 0.3) is 0 Å². The smallest absolute Gasteiger partial charge is 0.387 e. The minimum absolute atomic E-state index is 0.159. The monoisotopic (exact) mass is 229 g/mol. The third-order valence-corrected chi connectivity index (χ3v) is 2.66. The van der Waals surface area contributed by atoms with Gasteiger partial charge in [0.15, 0.2) is 11.5 Å². The van der Waals surface area contributed by atoms with Gasteiger partial charge in [-0.2, -0.15) is 8.78 Å². The predicted octanol–water partition coefficient (Wildman–Crippen LogP) is 1.98. The van der Waals surface area contributed by atoms with Gasteiger partial charge in [-0.3, -0.25) is 0 Å². The molecular formula is C11H13F2NO2. The van der Waals surface area contributed by atoms with Crippen molar-refractivity contribution in [3.63, 3.8) is 0 Å². The van der Waals surface area contributed by atoms with Crippen LogP contribution in [0.3, 0.4) is 0 Å². The van der Waals surface area contributed by atoms with Crippen LogP contribution in [0.15, 0.2) is 18.2 Å². The highest BCUT2D eigenvalue weighted by molar-refractivity contribution is 5.49. The van der Waals surface area contributed by atoms with E-state index in [1.165, 1.54) is 7.11 Å². The molecule has 1 saturated heterocycles. The largest absolute Gasteiger partial charge is 0.493 e. The number of alkyl halides is 2. The highest BCUT2D eigenvalue weighted by Gasteiger charge is 2.25. The second-order valence-corrected chi connectivity index (χ2v) is 3.61. The standard InChI is InChI=1S/C11H13F2NO2/c1-15-9-4-2-3-8(7-5-14-6-7)10(9)16-11(12)13/h2-4,7,11,14H,5-6H2,1H3. The molecular weight excluding hydrogens is 216 g/mol. The fourth-order valence-electron chi connectivity index (χ4n) is 1.74. The van der Waals surface area contributed by atoms with Crippen LogP contribution in [0.4, 0.5) is 8.78 Å². The van der Waals surface area contributed by atoms with E-state index in [0.29, 0.717) is 5.75 Å². The molecule has 16 heavy (non-hydrogen) atoms. The molecule has 1 aliphatic heterocycles. The van der Waals surface area contributed by atoms with Crippen molar-refractivity contribution in [3.05, 3.63) is 23.8 Å². The van der Waals surface area contributed by atoms with Gasteiger partial charge >= 0.3 is 6.61 Å². The van der Waals surface area contributed by atoms with Gasteiger partial charge in [-0.05, 0) is 6.07 Å². The number of hydrogen-bond donors (Lipinski definition) is 1. The van der Waals surface area contributed by atoms with E-state index in [-0.39, 0.29) is 11.7 Å². The average molecular weight is 229 g/mol. The summed E-state index contributed by atoms with van der Waals surface area (Å²) in [5.74, 6) is 0.736. The number of methoxy groups -OCH3 is 1. The highest BCUT2D eigenvalue weighted by Crippen LogP contribution is 2.37. The van der Waals surface area contributed by atoms with E-state index in [9.17, 15) is 8.78 Å². The molecule has 1 aromatic rings. The van der Waals surface area contributed by atoms with Crippen molar-refractivity contribution in [2.75, 3.05) is 20.2 Å². The second kappa shape index (κ2) is 4.65. The SMILES string of the molecule is COc1cccc(C2CNC2)c1OC(F)F. The molecule has 3 nitrogen and oxygen atoms in total. The Morgan fingerprint density at radius 2 is 2.12 bits per heavy atom. The maximum absolute atomic E-state index is 12.3. The lowest BCUT2D eigenvalue weighted by molar-refractivity contribution is -0.0521. The first-order valence-corrected chi connectivity index (χ1v) is 5.04. The molecule has 1 fully saturated rings. The molecule has 0 aromatic heterocycles. The molecule has 88 valence electrons. The zero-order valence-electron chi connectivity index (χ0n) is 8.87. The minimum Gasteiger partial charge on any atom is -0.493 e. The number of benzene rings is 1. The lowest BCUT2D eigenvalue weighted by Gasteiger charge is -2.29.